The molecule has 0 saturated carbocycles. The van der Waals surface area contributed by atoms with Gasteiger partial charge >= 0.3 is 254 Å². The number of aliphatic hydroxyl groups excluding tert-OH is 1. The number of carbonyl (C=O) groups excluding carboxylic acids is 4. The summed E-state index contributed by atoms with van der Waals surface area (Å²) in [5.41, 5.74) is 1.32. The van der Waals surface area contributed by atoms with Gasteiger partial charge in [-0.3, -0.25) is 0 Å². The number of ketones is 1. The van der Waals surface area contributed by atoms with Crippen molar-refractivity contribution in [3.8, 4) is 0 Å². The first-order chi connectivity index (χ1) is 21.4. The molecule has 46 heavy (non-hydrogen) atoms. The van der Waals surface area contributed by atoms with Gasteiger partial charge in [0.15, 0.2) is 0 Å². The SMILES string of the molecule is CC(C)OC(=O)NC([I-]C(C)(C)S(C)(=O)=O)C(=O)NC(Cc1ccccc1)CC(O)CC(=O)NC(C(=O)c1ccccc1)C(C)C. The van der Waals surface area contributed by atoms with Gasteiger partial charge < -0.3 is 0 Å². The molecule has 0 aliphatic heterocycles. The van der Waals surface area contributed by atoms with Crippen LogP contribution in [0.25, 0.3) is 0 Å². The third-order valence-electron chi connectivity index (χ3n) is 7.04. The summed E-state index contributed by atoms with van der Waals surface area (Å²) in [5.74, 6) is -1.57. The molecule has 0 spiro atoms. The van der Waals surface area contributed by atoms with E-state index in [9.17, 15) is 32.7 Å². The van der Waals surface area contributed by atoms with Crippen LogP contribution in [-0.4, -0.2) is 74.6 Å². The number of hydrogen-bond donors (Lipinski definition) is 4. The number of halogens is 1. The summed E-state index contributed by atoms with van der Waals surface area (Å²) in [6.07, 6.45) is -1.45. The number of amides is 3. The molecule has 4 N–H and O–H groups in total. The fourth-order valence-electron chi connectivity index (χ4n) is 4.38. The Bertz CT molecular complexity index is 1420. The number of aliphatic hydroxyl groups is 1. The van der Waals surface area contributed by atoms with Gasteiger partial charge in [-0.1, -0.05) is 30.3 Å². The summed E-state index contributed by atoms with van der Waals surface area (Å²) in [4.78, 5) is 52.2. The van der Waals surface area contributed by atoms with E-state index < -0.39 is 80.0 Å². The molecule has 4 unspecified atom stereocenters. The van der Waals surface area contributed by atoms with E-state index in [2.05, 4.69) is 16.0 Å². The molecule has 13 heteroatoms. The molecule has 256 valence electrons. The molecule has 0 aliphatic rings. The number of carbonyl (C=O) groups is 4. The average molecular weight is 773 g/mol. The number of hydrogen-bond acceptors (Lipinski definition) is 8. The summed E-state index contributed by atoms with van der Waals surface area (Å²) in [6, 6.07) is 16.4. The van der Waals surface area contributed by atoms with Gasteiger partial charge in [-0.25, -0.2) is 0 Å². The van der Waals surface area contributed by atoms with Crippen molar-refractivity contribution >= 4 is 33.5 Å². The first-order valence-electron chi connectivity index (χ1n) is 15.1. The Hall–Kier alpha value is -3.04. The van der Waals surface area contributed by atoms with E-state index in [0.717, 1.165) is 11.8 Å². The van der Waals surface area contributed by atoms with Crippen molar-refractivity contribution in [2.45, 2.75) is 91.9 Å². The van der Waals surface area contributed by atoms with Gasteiger partial charge in [0.1, 0.15) is 0 Å². The summed E-state index contributed by atoms with van der Waals surface area (Å²) in [6.45, 7) is 9.98. The van der Waals surface area contributed by atoms with Crippen LogP contribution in [0.3, 0.4) is 0 Å². The number of Topliss-reactive ketones (excluding diaryl/α,β-unsaturated/α-hetero) is 1. The van der Waals surface area contributed by atoms with E-state index in [1.807, 2.05) is 44.2 Å². The van der Waals surface area contributed by atoms with Gasteiger partial charge in [0.05, 0.1) is 0 Å². The van der Waals surface area contributed by atoms with Crippen molar-refractivity contribution in [2.75, 3.05) is 6.26 Å². The van der Waals surface area contributed by atoms with Crippen LogP contribution in [0, 0.1) is 5.92 Å². The normalized spacial score (nSPS) is 14.7. The van der Waals surface area contributed by atoms with Crippen molar-refractivity contribution in [2.24, 2.45) is 5.92 Å². The minimum atomic E-state index is -3.57. The number of benzene rings is 2. The zero-order valence-corrected chi connectivity index (χ0v) is 30.4. The summed E-state index contributed by atoms with van der Waals surface area (Å²) in [7, 11) is -3.57. The van der Waals surface area contributed by atoms with Gasteiger partial charge in [-0.2, -0.15) is 0 Å². The first kappa shape index (κ1) is 39.1. The van der Waals surface area contributed by atoms with Crippen molar-refractivity contribution in [1.82, 2.24) is 16.0 Å². The minimum absolute atomic E-state index is 0.0238. The van der Waals surface area contributed by atoms with Crippen LogP contribution in [0.2, 0.25) is 0 Å². The molecule has 0 aromatic heterocycles. The topological polar surface area (TPSA) is 168 Å². The molecule has 0 saturated heterocycles. The molecule has 0 aliphatic carbocycles. The molecule has 3 amide bonds. The number of rotatable bonds is 17. The van der Waals surface area contributed by atoms with Crippen molar-refractivity contribution in [3.05, 3.63) is 71.8 Å². The van der Waals surface area contributed by atoms with E-state index in [4.69, 9.17) is 4.74 Å². The van der Waals surface area contributed by atoms with Crippen molar-refractivity contribution < 1.29 is 58.6 Å². The molecule has 2 rings (SSSR count). The molecule has 2 aromatic rings. The Morgan fingerprint density at radius 3 is 1.98 bits per heavy atom. The molecular formula is C33H47IN3O8S-. The van der Waals surface area contributed by atoms with E-state index >= 15 is 0 Å². The predicted molar refractivity (Wildman–Crippen MR) is 172 cm³/mol. The molecular weight excluding hydrogens is 725 g/mol. The quantitative estimate of drug-likeness (QED) is 0.0767. The van der Waals surface area contributed by atoms with Gasteiger partial charge in [0, 0.05) is 0 Å². The molecule has 0 radical (unpaired) electrons. The van der Waals surface area contributed by atoms with Gasteiger partial charge in [0.2, 0.25) is 0 Å². The summed E-state index contributed by atoms with van der Waals surface area (Å²) < 4.78 is 27.7. The third-order valence-corrected chi connectivity index (χ3v) is 14.8. The van der Waals surface area contributed by atoms with Crippen LogP contribution in [0.15, 0.2) is 60.7 Å². The third kappa shape index (κ3) is 13.0. The molecule has 4 atom stereocenters. The standard InChI is InChI=1S/C33H47IN3O8S/c1-21(2)28(29(40)24-16-12-9-13-17-24)36-27(39)20-26(38)19-25(18-23-14-10-8-11-15-23)35-31(41)30(37-32(42)45-22(3)4)34-33(5,6)46(7,43)44/h8-17,21-22,25-26,28,30,38H,18-20H2,1-7H3,(H,35,41)(H,36,39)(H,37,42)/q-1. The maximum atomic E-state index is 13.7. The van der Waals surface area contributed by atoms with Gasteiger partial charge in [0.25, 0.3) is 0 Å². The van der Waals surface area contributed by atoms with E-state index in [0.29, 0.717) is 12.0 Å². The van der Waals surface area contributed by atoms with Gasteiger partial charge in [-0.15, -0.1) is 0 Å². The zero-order chi connectivity index (χ0) is 34.7. The Balaban J connectivity index is 2.23. The first-order valence-corrected chi connectivity index (χ1v) is 19.3. The second-order valence-electron chi connectivity index (χ2n) is 12.2. The van der Waals surface area contributed by atoms with Crippen LogP contribution in [0.1, 0.15) is 70.3 Å². The van der Waals surface area contributed by atoms with Crippen LogP contribution in [-0.2, 0) is 30.6 Å². The Morgan fingerprint density at radius 1 is 0.891 bits per heavy atom. The maximum absolute atomic E-state index is 13.7. The van der Waals surface area contributed by atoms with E-state index in [-0.39, 0.29) is 24.5 Å². The second kappa shape index (κ2) is 17.8. The van der Waals surface area contributed by atoms with Gasteiger partial charge in [-0.05, 0) is 0 Å². The van der Waals surface area contributed by atoms with Crippen LogP contribution in [0.4, 0.5) is 4.79 Å². The summed E-state index contributed by atoms with van der Waals surface area (Å²) >= 11 is -1.52. The number of alkyl halides is 2. The zero-order valence-electron chi connectivity index (χ0n) is 27.5. The molecule has 0 bridgehead atoms. The molecule has 2 aromatic carbocycles. The summed E-state index contributed by atoms with van der Waals surface area (Å²) in [5, 5.41) is 19.2. The monoisotopic (exact) mass is 772 g/mol. The Kier molecular flexibility index (Phi) is 15.1. The fourth-order valence-corrected chi connectivity index (χ4v) is 8.90. The van der Waals surface area contributed by atoms with Crippen molar-refractivity contribution in [3.63, 3.8) is 0 Å². The Morgan fingerprint density at radius 2 is 1.46 bits per heavy atom. The number of nitrogens with one attached hydrogen (secondary N) is 3. The average Bonchev–Trinajstić information content (AvgIpc) is 2.94. The molecule has 0 fully saturated rings. The number of ether oxygens (including phenoxy) is 1. The number of sulfone groups is 1. The Labute approximate surface area is 282 Å². The molecule has 0 heterocycles. The van der Waals surface area contributed by atoms with E-state index in [1.165, 1.54) is 13.8 Å². The van der Waals surface area contributed by atoms with Crippen LogP contribution < -0.4 is 37.2 Å². The second-order valence-corrected chi connectivity index (χ2v) is 20.1. The van der Waals surface area contributed by atoms with Crippen molar-refractivity contribution in [1.29, 1.82) is 0 Å². The fraction of sp³-hybridized carbons (Fsp3) is 0.515. The van der Waals surface area contributed by atoms with Crippen LogP contribution in [0.5, 0.6) is 0 Å². The number of alkyl carbamates (subject to hydrolysis) is 1. The van der Waals surface area contributed by atoms with Crippen LogP contribution >= 0.6 is 0 Å². The van der Waals surface area contributed by atoms with E-state index in [1.54, 1.807) is 44.2 Å². The molecule has 11 nitrogen and oxygen atoms in total. The predicted octanol–water partition coefficient (Wildman–Crippen LogP) is 0.209.